The second kappa shape index (κ2) is 9.93. The Labute approximate surface area is 180 Å². The number of hydrazone groups is 1. The van der Waals surface area contributed by atoms with E-state index in [9.17, 15) is 0 Å². The van der Waals surface area contributed by atoms with E-state index in [4.69, 9.17) is 16.3 Å². The minimum absolute atomic E-state index is 0.516. The van der Waals surface area contributed by atoms with Crippen LogP contribution >= 0.6 is 43.5 Å². The number of rotatable bonds is 7. The molecule has 0 saturated heterocycles. The second-order valence-corrected chi connectivity index (χ2v) is 8.03. The molecule has 0 aliphatic heterocycles. The van der Waals surface area contributed by atoms with E-state index in [1.54, 1.807) is 6.21 Å². The van der Waals surface area contributed by atoms with Crippen molar-refractivity contribution in [2.75, 3.05) is 0 Å². The molecule has 3 rings (SSSR count). The summed E-state index contributed by atoms with van der Waals surface area (Å²) in [6, 6.07) is 21.6. The molecule has 0 amide bonds. The predicted octanol–water partition coefficient (Wildman–Crippen LogP) is 6.57. The first kappa shape index (κ1) is 19.9. The van der Waals surface area contributed by atoms with Crippen LogP contribution in [0.3, 0.4) is 0 Å². The van der Waals surface area contributed by atoms with Crippen molar-refractivity contribution in [3.05, 3.63) is 97.4 Å². The number of benzene rings is 3. The lowest BCUT2D eigenvalue weighted by atomic mass is 10.2. The molecule has 0 bridgehead atoms. The van der Waals surface area contributed by atoms with Crippen molar-refractivity contribution in [2.45, 2.75) is 13.2 Å². The highest BCUT2D eigenvalue weighted by Gasteiger charge is 2.03. The zero-order valence-electron chi connectivity index (χ0n) is 14.3. The summed E-state index contributed by atoms with van der Waals surface area (Å²) in [5.41, 5.74) is 6.24. The molecule has 6 heteroatoms. The molecule has 27 heavy (non-hydrogen) atoms. The molecule has 0 spiro atoms. The van der Waals surface area contributed by atoms with Crippen LogP contribution in [0, 0.1) is 0 Å². The SMILES string of the molecule is Clc1ccc(CN/N=C\c2ccc(OCc3ccc(Br)cc3)c(Br)c2)cc1. The normalized spacial score (nSPS) is 10.9. The molecule has 0 unspecified atom stereocenters. The van der Waals surface area contributed by atoms with Crippen LogP contribution in [0.15, 0.2) is 80.8 Å². The molecule has 3 aromatic carbocycles. The fraction of sp³-hybridized carbons (Fsp3) is 0.0952. The van der Waals surface area contributed by atoms with Crippen molar-refractivity contribution < 1.29 is 4.74 Å². The molecule has 0 heterocycles. The summed E-state index contributed by atoms with van der Waals surface area (Å²) in [4.78, 5) is 0. The maximum absolute atomic E-state index is 5.88. The fourth-order valence-corrected chi connectivity index (χ4v) is 3.22. The number of nitrogens with one attached hydrogen (secondary N) is 1. The first-order valence-corrected chi connectivity index (χ1v) is 10.2. The molecule has 0 atom stereocenters. The van der Waals surface area contributed by atoms with Crippen LogP contribution in [0.25, 0.3) is 0 Å². The average molecular weight is 509 g/mol. The van der Waals surface area contributed by atoms with Crippen molar-refractivity contribution in [1.82, 2.24) is 5.43 Å². The largest absolute Gasteiger partial charge is 0.488 e. The van der Waals surface area contributed by atoms with Gasteiger partial charge in [-0.25, -0.2) is 0 Å². The van der Waals surface area contributed by atoms with Crippen molar-refractivity contribution in [3.63, 3.8) is 0 Å². The molecule has 0 radical (unpaired) electrons. The summed E-state index contributed by atoms with van der Waals surface area (Å²) in [6.45, 7) is 1.16. The number of halogens is 3. The van der Waals surface area contributed by atoms with E-state index in [0.717, 1.165) is 36.4 Å². The zero-order valence-corrected chi connectivity index (χ0v) is 18.3. The lowest BCUT2D eigenvalue weighted by Gasteiger charge is -2.09. The number of hydrogen-bond donors (Lipinski definition) is 1. The van der Waals surface area contributed by atoms with Gasteiger partial charge in [-0.1, -0.05) is 51.8 Å². The van der Waals surface area contributed by atoms with Gasteiger partial charge < -0.3 is 10.2 Å². The summed E-state index contributed by atoms with van der Waals surface area (Å²) in [5, 5.41) is 4.99. The van der Waals surface area contributed by atoms with E-state index in [1.165, 1.54) is 0 Å². The van der Waals surface area contributed by atoms with Crippen molar-refractivity contribution in [1.29, 1.82) is 0 Å². The van der Waals surface area contributed by atoms with Crippen LogP contribution in [0.4, 0.5) is 0 Å². The molecule has 0 aliphatic carbocycles. The van der Waals surface area contributed by atoms with Crippen LogP contribution in [0.2, 0.25) is 5.02 Å². The topological polar surface area (TPSA) is 33.6 Å². The van der Waals surface area contributed by atoms with E-state index >= 15 is 0 Å². The molecule has 0 aliphatic rings. The third-order valence-electron chi connectivity index (χ3n) is 3.76. The van der Waals surface area contributed by atoms with Gasteiger partial charge in [-0.3, -0.25) is 0 Å². The van der Waals surface area contributed by atoms with Crippen LogP contribution in [0.5, 0.6) is 5.75 Å². The van der Waals surface area contributed by atoms with Gasteiger partial charge >= 0.3 is 0 Å². The summed E-state index contributed by atoms with van der Waals surface area (Å²) in [5.74, 6) is 0.796. The molecule has 3 aromatic rings. The Balaban J connectivity index is 1.52. The fourth-order valence-electron chi connectivity index (χ4n) is 2.32. The summed E-state index contributed by atoms with van der Waals surface area (Å²) >= 11 is 12.9. The summed E-state index contributed by atoms with van der Waals surface area (Å²) < 4.78 is 7.82. The van der Waals surface area contributed by atoms with Crippen molar-refractivity contribution in [2.24, 2.45) is 5.10 Å². The van der Waals surface area contributed by atoms with E-state index in [-0.39, 0.29) is 0 Å². The van der Waals surface area contributed by atoms with Gasteiger partial charge in [-0.05, 0) is 75.1 Å². The average Bonchev–Trinajstić information content (AvgIpc) is 2.67. The Morgan fingerprint density at radius 1 is 0.926 bits per heavy atom. The second-order valence-electron chi connectivity index (χ2n) is 5.82. The quantitative estimate of drug-likeness (QED) is 0.289. The van der Waals surface area contributed by atoms with E-state index < -0.39 is 0 Å². The lowest BCUT2D eigenvalue weighted by Crippen LogP contribution is -2.05. The van der Waals surface area contributed by atoms with Crippen LogP contribution in [-0.2, 0) is 13.2 Å². The summed E-state index contributed by atoms with van der Waals surface area (Å²) in [7, 11) is 0. The van der Waals surface area contributed by atoms with Gasteiger partial charge in [0.1, 0.15) is 12.4 Å². The number of ether oxygens (including phenoxy) is 1. The Hall–Kier alpha value is -1.82. The number of nitrogens with zero attached hydrogens (tertiary/aromatic N) is 1. The van der Waals surface area contributed by atoms with Gasteiger partial charge in [-0.2, -0.15) is 5.10 Å². The maximum atomic E-state index is 5.88. The van der Waals surface area contributed by atoms with Crippen LogP contribution in [-0.4, -0.2) is 6.21 Å². The highest BCUT2D eigenvalue weighted by molar-refractivity contribution is 9.10. The highest BCUT2D eigenvalue weighted by atomic mass is 79.9. The Morgan fingerprint density at radius 3 is 2.33 bits per heavy atom. The van der Waals surface area contributed by atoms with E-state index in [0.29, 0.717) is 13.2 Å². The highest BCUT2D eigenvalue weighted by Crippen LogP contribution is 2.26. The molecule has 138 valence electrons. The van der Waals surface area contributed by atoms with Crippen LogP contribution in [0.1, 0.15) is 16.7 Å². The van der Waals surface area contributed by atoms with Crippen molar-refractivity contribution in [3.8, 4) is 5.75 Å². The monoisotopic (exact) mass is 506 g/mol. The van der Waals surface area contributed by atoms with Gasteiger partial charge in [0.15, 0.2) is 0 Å². The van der Waals surface area contributed by atoms with Gasteiger partial charge in [0, 0.05) is 9.50 Å². The number of hydrogen-bond acceptors (Lipinski definition) is 3. The molecule has 0 saturated carbocycles. The zero-order chi connectivity index (χ0) is 19.1. The summed E-state index contributed by atoms with van der Waals surface area (Å²) in [6.07, 6.45) is 1.78. The standard InChI is InChI=1S/C21H17Br2ClN2O/c22-18-6-1-16(2-7-18)14-27-21-10-5-17(11-20(21)23)13-26-25-12-15-3-8-19(24)9-4-15/h1-11,13,25H,12,14H2/b26-13-. The molecule has 0 aromatic heterocycles. The first-order valence-electron chi connectivity index (χ1n) is 8.27. The van der Waals surface area contributed by atoms with Gasteiger partial charge in [0.2, 0.25) is 0 Å². The minimum Gasteiger partial charge on any atom is -0.488 e. The van der Waals surface area contributed by atoms with E-state index in [1.807, 2.05) is 66.7 Å². The molecule has 1 N–H and O–H groups in total. The Kier molecular flexibility index (Phi) is 7.33. The molecular formula is C21H17Br2ClN2O. The molecule has 3 nitrogen and oxygen atoms in total. The third-order valence-corrected chi connectivity index (χ3v) is 5.17. The maximum Gasteiger partial charge on any atom is 0.134 e. The predicted molar refractivity (Wildman–Crippen MR) is 119 cm³/mol. The minimum atomic E-state index is 0.516. The third kappa shape index (κ3) is 6.38. The van der Waals surface area contributed by atoms with E-state index in [2.05, 4.69) is 42.4 Å². The smallest absolute Gasteiger partial charge is 0.134 e. The Bertz CT molecular complexity index is 912. The lowest BCUT2D eigenvalue weighted by molar-refractivity contribution is 0.304. The first-order chi connectivity index (χ1) is 13.1. The molecular weight excluding hydrogens is 492 g/mol. The van der Waals surface area contributed by atoms with Gasteiger partial charge in [0.25, 0.3) is 0 Å². The van der Waals surface area contributed by atoms with Crippen LogP contribution < -0.4 is 10.2 Å². The Morgan fingerprint density at radius 2 is 1.63 bits per heavy atom. The van der Waals surface area contributed by atoms with Gasteiger partial charge in [-0.15, -0.1) is 0 Å². The van der Waals surface area contributed by atoms with Gasteiger partial charge in [0.05, 0.1) is 17.2 Å². The van der Waals surface area contributed by atoms with Crippen molar-refractivity contribution >= 4 is 49.7 Å². The molecule has 0 fully saturated rings.